The summed E-state index contributed by atoms with van der Waals surface area (Å²) in [7, 11) is 0. The summed E-state index contributed by atoms with van der Waals surface area (Å²) >= 11 is 1.51. The number of hydrogen-bond donors (Lipinski definition) is 1. The molecule has 0 unspecified atom stereocenters. The van der Waals surface area contributed by atoms with Crippen LogP contribution in [0.4, 0.5) is 5.82 Å². The Kier molecular flexibility index (Phi) is 6.26. The Morgan fingerprint density at radius 1 is 1.33 bits per heavy atom. The number of piperidine rings is 1. The molecule has 1 saturated heterocycles. The Labute approximate surface area is 163 Å². The van der Waals surface area contributed by atoms with E-state index in [9.17, 15) is 9.59 Å². The van der Waals surface area contributed by atoms with E-state index in [0.29, 0.717) is 37.5 Å². The third-order valence-electron chi connectivity index (χ3n) is 4.81. The second-order valence-corrected chi connectivity index (χ2v) is 8.09. The minimum Gasteiger partial charge on any atom is -0.360 e. The van der Waals surface area contributed by atoms with Gasteiger partial charge in [0, 0.05) is 25.1 Å². The van der Waals surface area contributed by atoms with Gasteiger partial charge >= 0.3 is 0 Å². The highest BCUT2D eigenvalue weighted by Crippen LogP contribution is 2.25. The molecule has 1 N–H and O–H groups in total. The SMILES string of the molecule is CCCCc1nc(C)c(C(=O)N2CCC(C(=O)Nc3cc(C)on3)CC2)s1. The summed E-state index contributed by atoms with van der Waals surface area (Å²) in [6.07, 6.45) is 4.43. The number of carbonyl (C=O) groups excluding carboxylic acids is 2. The number of anilines is 1. The fourth-order valence-corrected chi connectivity index (χ4v) is 4.30. The summed E-state index contributed by atoms with van der Waals surface area (Å²) in [6.45, 7) is 6.99. The van der Waals surface area contributed by atoms with Crippen molar-refractivity contribution in [3.05, 3.63) is 27.4 Å². The van der Waals surface area contributed by atoms with E-state index >= 15 is 0 Å². The number of likely N-dealkylation sites (tertiary alicyclic amines) is 1. The normalized spacial score (nSPS) is 15.1. The lowest BCUT2D eigenvalue weighted by atomic mass is 9.95. The summed E-state index contributed by atoms with van der Waals surface area (Å²) in [5.74, 6) is 0.957. The molecule has 0 spiro atoms. The maximum absolute atomic E-state index is 12.9. The summed E-state index contributed by atoms with van der Waals surface area (Å²) in [4.78, 5) is 32.4. The topological polar surface area (TPSA) is 88.3 Å². The molecule has 1 aliphatic rings. The highest BCUT2D eigenvalue weighted by atomic mass is 32.1. The molecule has 2 amide bonds. The van der Waals surface area contributed by atoms with Crippen molar-refractivity contribution >= 4 is 29.0 Å². The lowest BCUT2D eigenvalue weighted by molar-refractivity contribution is -0.121. The van der Waals surface area contributed by atoms with Crippen LogP contribution in [0, 0.1) is 19.8 Å². The fourth-order valence-electron chi connectivity index (χ4n) is 3.23. The first-order valence-corrected chi connectivity index (χ1v) is 10.3. The highest BCUT2D eigenvalue weighted by molar-refractivity contribution is 7.13. The maximum Gasteiger partial charge on any atom is 0.265 e. The summed E-state index contributed by atoms with van der Waals surface area (Å²) in [6, 6.07) is 1.69. The molecular formula is C19H26N4O3S. The zero-order valence-corrected chi connectivity index (χ0v) is 16.9. The number of nitrogens with zero attached hydrogens (tertiary/aromatic N) is 3. The van der Waals surface area contributed by atoms with Gasteiger partial charge in [0.1, 0.15) is 10.6 Å². The smallest absolute Gasteiger partial charge is 0.265 e. The van der Waals surface area contributed by atoms with E-state index in [1.54, 1.807) is 13.0 Å². The summed E-state index contributed by atoms with van der Waals surface area (Å²) in [5, 5.41) is 7.61. The molecule has 27 heavy (non-hydrogen) atoms. The molecule has 1 fully saturated rings. The number of unbranched alkanes of at least 4 members (excludes halogenated alkanes) is 1. The molecular weight excluding hydrogens is 364 g/mol. The Bertz CT molecular complexity index is 806. The number of rotatable bonds is 6. The van der Waals surface area contributed by atoms with Gasteiger partial charge in [-0.15, -0.1) is 11.3 Å². The molecule has 2 aromatic heterocycles. The van der Waals surface area contributed by atoms with Crippen LogP contribution >= 0.6 is 11.3 Å². The van der Waals surface area contributed by atoms with E-state index in [2.05, 4.69) is 22.4 Å². The lowest BCUT2D eigenvalue weighted by Crippen LogP contribution is -2.41. The van der Waals surface area contributed by atoms with E-state index in [0.717, 1.165) is 34.8 Å². The van der Waals surface area contributed by atoms with Crippen LogP contribution in [0.2, 0.25) is 0 Å². The molecule has 146 valence electrons. The first-order valence-electron chi connectivity index (χ1n) is 9.47. The molecule has 0 atom stereocenters. The third kappa shape index (κ3) is 4.74. The summed E-state index contributed by atoms with van der Waals surface area (Å²) in [5.41, 5.74) is 0.817. The minimum absolute atomic E-state index is 0.0405. The van der Waals surface area contributed by atoms with Crippen molar-refractivity contribution < 1.29 is 14.1 Å². The number of nitrogens with one attached hydrogen (secondary N) is 1. The summed E-state index contributed by atoms with van der Waals surface area (Å²) < 4.78 is 4.97. The van der Waals surface area contributed by atoms with Gasteiger partial charge in [0.25, 0.3) is 5.91 Å². The van der Waals surface area contributed by atoms with Crippen molar-refractivity contribution in [1.29, 1.82) is 0 Å². The maximum atomic E-state index is 12.9. The van der Waals surface area contributed by atoms with Crippen LogP contribution in [0.1, 0.15) is 58.7 Å². The Morgan fingerprint density at radius 2 is 2.07 bits per heavy atom. The third-order valence-corrected chi connectivity index (χ3v) is 6.02. The lowest BCUT2D eigenvalue weighted by Gasteiger charge is -2.31. The predicted molar refractivity (Wildman–Crippen MR) is 104 cm³/mol. The van der Waals surface area contributed by atoms with Crippen molar-refractivity contribution in [2.24, 2.45) is 5.92 Å². The Morgan fingerprint density at radius 3 is 2.70 bits per heavy atom. The average molecular weight is 391 g/mol. The second kappa shape index (κ2) is 8.65. The monoisotopic (exact) mass is 390 g/mol. The largest absolute Gasteiger partial charge is 0.360 e. The zero-order valence-electron chi connectivity index (χ0n) is 16.1. The van der Waals surface area contributed by atoms with Gasteiger partial charge in [0.15, 0.2) is 5.82 Å². The molecule has 0 radical (unpaired) electrons. The van der Waals surface area contributed by atoms with Crippen LogP contribution in [-0.4, -0.2) is 39.9 Å². The van der Waals surface area contributed by atoms with Gasteiger partial charge in [-0.2, -0.15) is 0 Å². The van der Waals surface area contributed by atoms with Gasteiger partial charge in [0.2, 0.25) is 5.91 Å². The number of aryl methyl sites for hydroxylation is 3. The van der Waals surface area contributed by atoms with Gasteiger partial charge in [-0.3, -0.25) is 9.59 Å². The Balaban J connectivity index is 1.54. The average Bonchev–Trinajstić information content (AvgIpc) is 3.24. The molecule has 1 aliphatic heterocycles. The quantitative estimate of drug-likeness (QED) is 0.814. The molecule has 0 aromatic carbocycles. The number of amides is 2. The van der Waals surface area contributed by atoms with E-state index in [1.807, 2.05) is 11.8 Å². The van der Waals surface area contributed by atoms with E-state index < -0.39 is 0 Å². The van der Waals surface area contributed by atoms with Crippen molar-refractivity contribution in [2.75, 3.05) is 18.4 Å². The van der Waals surface area contributed by atoms with Crippen molar-refractivity contribution in [3.63, 3.8) is 0 Å². The number of carbonyl (C=O) groups is 2. The second-order valence-electron chi connectivity index (χ2n) is 7.00. The Hall–Kier alpha value is -2.22. The first kappa shape index (κ1) is 19.5. The van der Waals surface area contributed by atoms with E-state index in [-0.39, 0.29) is 17.7 Å². The molecule has 0 saturated carbocycles. The van der Waals surface area contributed by atoms with Gasteiger partial charge in [-0.1, -0.05) is 18.5 Å². The van der Waals surface area contributed by atoms with Gasteiger partial charge < -0.3 is 14.7 Å². The first-order chi connectivity index (χ1) is 13.0. The number of hydrogen-bond acceptors (Lipinski definition) is 6. The molecule has 2 aromatic rings. The minimum atomic E-state index is -0.117. The van der Waals surface area contributed by atoms with Gasteiger partial charge in [-0.25, -0.2) is 4.98 Å². The van der Waals surface area contributed by atoms with Crippen LogP contribution in [-0.2, 0) is 11.2 Å². The van der Waals surface area contributed by atoms with Gasteiger partial charge in [-0.05, 0) is 39.5 Å². The highest BCUT2D eigenvalue weighted by Gasteiger charge is 2.29. The van der Waals surface area contributed by atoms with Crippen LogP contribution in [0.25, 0.3) is 0 Å². The molecule has 3 rings (SSSR count). The van der Waals surface area contributed by atoms with Crippen LogP contribution in [0.3, 0.4) is 0 Å². The molecule has 7 nitrogen and oxygen atoms in total. The van der Waals surface area contributed by atoms with Crippen molar-refractivity contribution in [2.45, 2.75) is 52.9 Å². The predicted octanol–water partition coefficient (Wildman–Crippen LogP) is 3.58. The van der Waals surface area contributed by atoms with E-state index in [4.69, 9.17) is 4.52 Å². The van der Waals surface area contributed by atoms with E-state index in [1.165, 1.54) is 11.3 Å². The fraction of sp³-hybridized carbons (Fsp3) is 0.579. The van der Waals surface area contributed by atoms with Crippen molar-refractivity contribution in [1.82, 2.24) is 15.0 Å². The van der Waals surface area contributed by atoms with Crippen molar-refractivity contribution in [3.8, 4) is 0 Å². The van der Waals surface area contributed by atoms with Crippen LogP contribution in [0.5, 0.6) is 0 Å². The molecule has 0 aliphatic carbocycles. The number of aromatic nitrogens is 2. The standard InChI is InChI=1S/C19H26N4O3S/c1-4-5-6-16-20-13(3)17(27-16)19(25)23-9-7-14(8-10-23)18(24)21-15-11-12(2)26-22-15/h11,14H,4-10H2,1-3H3,(H,21,22,24). The van der Waals surface area contributed by atoms with Crippen LogP contribution < -0.4 is 5.32 Å². The zero-order chi connectivity index (χ0) is 19.4. The number of thiazole rings is 1. The van der Waals surface area contributed by atoms with Crippen LogP contribution in [0.15, 0.2) is 10.6 Å². The molecule has 0 bridgehead atoms. The van der Waals surface area contributed by atoms with Gasteiger partial charge in [0.05, 0.1) is 10.7 Å². The molecule has 8 heteroatoms. The molecule has 3 heterocycles.